The molecule has 1 heterocycles. The zero-order chi connectivity index (χ0) is 9.03. The average molecular weight is 170 g/mol. The van der Waals surface area contributed by atoms with Crippen LogP contribution in [0, 0.1) is 5.92 Å². The van der Waals surface area contributed by atoms with E-state index < -0.39 is 0 Å². The lowest BCUT2D eigenvalue weighted by Gasteiger charge is -2.17. The lowest BCUT2D eigenvalue weighted by atomic mass is 10.1. The SMILES string of the molecule is CC(C)(C)N/N=C/C1CCOC1. The summed E-state index contributed by atoms with van der Waals surface area (Å²) in [5, 5.41) is 4.17. The van der Waals surface area contributed by atoms with Gasteiger partial charge in [-0.05, 0) is 27.2 Å². The van der Waals surface area contributed by atoms with E-state index in [0.717, 1.165) is 19.6 Å². The molecule has 0 aliphatic carbocycles. The summed E-state index contributed by atoms with van der Waals surface area (Å²) in [6.07, 6.45) is 3.06. The topological polar surface area (TPSA) is 33.6 Å². The van der Waals surface area contributed by atoms with E-state index in [9.17, 15) is 0 Å². The van der Waals surface area contributed by atoms with Crippen molar-refractivity contribution in [3.05, 3.63) is 0 Å². The molecule has 1 saturated heterocycles. The highest BCUT2D eigenvalue weighted by atomic mass is 16.5. The Morgan fingerprint density at radius 1 is 1.50 bits per heavy atom. The quantitative estimate of drug-likeness (QED) is 0.502. The molecule has 3 heteroatoms. The van der Waals surface area contributed by atoms with Crippen LogP contribution >= 0.6 is 0 Å². The van der Waals surface area contributed by atoms with E-state index in [1.54, 1.807) is 0 Å². The zero-order valence-electron chi connectivity index (χ0n) is 8.13. The third kappa shape index (κ3) is 3.72. The van der Waals surface area contributed by atoms with E-state index in [1.807, 2.05) is 6.21 Å². The molecule has 0 aromatic carbocycles. The minimum atomic E-state index is 0.0654. The maximum absolute atomic E-state index is 5.22. The van der Waals surface area contributed by atoms with Crippen LogP contribution in [0.5, 0.6) is 0 Å². The predicted octanol–water partition coefficient (Wildman–Crippen LogP) is 1.40. The maximum atomic E-state index is 5.22. The highest BCUT2D eigenvalue weighted by molar-refractivity contribution is 5.60. The molecule has 0 radical (unpaired) electrons. The Kier molecular flexibility index (Phi) is 3.09. The highest BCUT2D eigenvalue weighted by Crippen LogP contribution is 2.09. The van der Waals surface area contributed by atoms with Crippen molar-refractivity contribution < 1.29 is 4.74 Å². The predicted molar refractivity (Wildman–Crippen MR) is 50.3 cm³/mol. The van der Waals surface area contributed by atoms with Gasteiger partial charge in [-0.15, -0.1) is 0 Å². The smallest absolute Gasteiger partial charge is 0.0545 e. The van der Waals surface area contributed by atoms with Crippen molar-refractivity contribution in [2.45, 2.75) is 32.7 Å². The van der Waals surface area contributed by atoms with Crippen LogP contribution in [0.4, 0.5) is 0 Å². The Morgan fingerprint density at radius 3 is 2.75 bits per heavy atom. The molecule has 0 aromatic heterocycles. The van der Waals surface area contributed by atoms with E-state index >= 15 is 0 Å². The largest absolute Gasteiger partial charge is 0.381 e. The number of hydrazone groups is 1. The molecule has 3 nitrogen and oxygen atoms in total. The van der Waals surface area contributed by atoms with E-state index in [1.165, 1.54) is 0 Å². The molecule has 1 aliphatic rings. The van der Waals surface area contributed by atoms with Crippen molar-refractivity contribution in [2.24, 2.45) is 11.0 Å². The first-order valence-electron chi connectivity index (χ1n) is 4.46. The van der Waals surface area contributed by atoms with Gasteiger partial charge in [0.05, 0.1) is 6.61 Å². The fraction of sp³-hybridized carbons (Fsp3) is 0.889. The van der Waals surface area contributed by atoms with Crippen LogP contribution in [0.3, 0.4) is 0 Å². The molecule has 1 unspecified atom stereocenters. The summed E-state index contributed by atoms with van der Waals surface area (Å²) in [4.78, 5) is 0. The number of nitrogens with one attached hydrogen (secondary N) is 1. The van der Waals surface area contributed by atoms with Gasteiger partial charge in [0.15, 0.2) is 0 Å². The summed E-state index contributed by atoms with van der Waals surface area (Å²) < 4.78 is 5.22. The molecule has 1 atom stereocenters. The monoisotopic (exact) mass is 170 g/mol. The second-order valence-electron chi connectivity index (χ2n) is 4.26. The van der Waals surface area contributed by atoms with E-state index in [4.69, 9.17) is 4.74 Å². The van der Waals surface area contributed by atoms with E-state index in [-0.39, 0.29) is 5.54 Å². The van der Waals surface area contributed by atoms with Gasteiger partial charge in [0.1, 0.15) is 0 Å². The van der Waals surface area contributed by atoms with Crippen molar-refractivity contribution in [2.75, 3.05) is 13.2 Å². The minimum absolute atomic E-state index is 0.0654. The van der Waals surface area contributed by atoms with Crippen molar-refractivity contribution in [3.63, 3.8) is 0 Å². The second kappa shape index (κ2) is 3.90. The Labute approximate surface area is 74.2 Å². The molecule has 0 spiro atoms. The Bertz CT molecular complexity index is 154. The fourth-order valence-corrected chi connectivity index (χ4v) is 1.01. The van der Waals surface area contributed by atoms with Gasteiger partial charge in [0.2, 0.25) is 0 Å². The van der Waals surface area contributed by atoms with Crippen LogP contribution in [0.2, 0.25) is 0 Å². The van der Waals surface area contributed by atoms with Crippen LogP contribution in [-0.4, -0.2) is 25.0 Å². The number of hydrogen-bond donors (Lipinski definition) is 1. The van der Waals surface area contributed by atoms with Gasteiger partial charge in [-0.2, -0.15) is 5.10 Å². The second-order valence-corrected chi connectivity index (χ2v) is 4.26. The molecule has 0 aromatic rings. The van der Waals surface area contributed by atoms with Crippen LogP contribution in [0.1, 0.15) is 27.2 Å². The minimum Gasteiger partial charge on any atom is -0.381 e. The third-order valence-corrected chi connectivity index (χ3v) is 1.65. The van der Waals surface area contributed by atoms with Crippen LogP contribution in [0.15, 0.2) is 5.10 Å². The Hall–Kier alpha value is -0.570. The number of hydrogen-bond acceptors (Lipinski definition) is 3. The summed E-state index contributed by atoms with van der Waals surface area (Å²) in [7, 11) is 0. The summed E-state index contributed by atoms with van der Waals surface area (Å²) in [6, 6.07) is 0. The van der Waals surface area contributed by atoms with Gasteiger partial charge in [0.25, 0.3) is 0 Å². The molecular weight excluding hydrogens is 152 g/mol. The first kappa shape index (κ1) is 9.52. The average Bonchev–Trinajstić information content (AvgIpc) is 2.36. The molecule has 1 rings (SSSR count). The van der Waals surface area contributed by atoms with E-state index in [2.05, 4.69) is 31.3 Å². The Balaban J connectivity index is 2.21. The molecule has 1 fully saturated rings. The number of nitrogens with zero attached hydrogens (tertiary/aromatic N) is 1. The standard InChI is InChI=1S/C9H18N2O/c1-9(2,3)11-10-6-8-4-5-12-7-8/h6,8,11H,4-5,7H2,1-3H3/b10-6+. The van der Waals surface area contributed by atoms with Gasteiger partial charge < -0.3 is 10.2 Å². The van der Waals surface area contributed by atoms with Crippen molar-refractivity contribution >= 4 is 6.21 Å². The zero-order valence-corrected chi connectivity index (χ0v) is 8.13. The maximum Gasteiger partial charge on any atom is 0.0545 e. The normalized spacial score (nSPS) is 25.1. The van der Waals surface area contributed by atoms with Gasteiger partial charge in [-0.3, -0.25) is 0 Å². The van der Waals surface area contributed by atoms with Gasteiger partial charge in [0, 0.05) is 24.3 Å². The molecule has 1 N–H and O–H groups in total. The molecule has 1 aliphatic heterocycles. The van der Waals surface area contributed by atoms with E-state index in [0.29, 0.717) is 5.92 Å². The van der Waals surface area contributed by atoms with Crippen LogP contribution in [-0.2, 0) is 4.74 Å². The molecule has 0 amide bonds. The van der Waals surface area contributed by atoms with Crippen molar-refractivity contribution in [3.8, 4) is 0 Å². The summed E-state index contributed by atoms with van der Waals surface area (Å²) in [5.41, 5.74) is 3.13. The molecule has 70 valence electrons. The molecule has 0 bridgehead atoms. The lowest BCUT2D eigenvalue weighted by Crippen LogP contribution is -2.31. The number of ether oxygens (including phenoxy) is 1. The van der Waals surface area contributed by atoms with Crippen molar-refractivity contribution in [1.82, 2.24) is 5.43 Å². The summed E-state index contributed by atoms with van der Waals surface area (Å²) in [6.45, 7) is 7.99. The van der Waals surface area contributed by atoms with Crippen molar-refractivity contribution in [1.29, 1.82) is 0 Å². The number of rotatable bonds is 2. The summed E-state index contributed by atoms with van der Waals surface area (Å²) >= 11 is 0. The van der Waals surface area contributed by atoms with Crippen LogP contribution < -0.4 is 5.43 Å². The first-order chi connectivity index (χ1) is 5.58. The summed E-state index contributed by atoms with van der Waals surface area (Å²) in [5.74, 6) is 0.514. The molecule has 12 heavy (non-hydrogen) atoms. The van der Waals surface area contributed by atoms with Crippen LogP contribution in [0.25, 0.3) is 0 Å². The molecular formula is C9H18N2O. The lowest BCUT2D eigenvalue weighted by molar-refractivity contribution is 0.193. The molecule has 0 saturated carbocycles. The highest BCUT2D eigenvalue weighted by Gasteiger charge is 2.13. The van der Waals surface area contributed by atoms with Gasteiger partial charge >= 0.3 is 0 Å². The first-order valence-corrected chi connectivity index (χ1v) is 4.46. The van der Waals surface area contributed by atoms with Gasteiger partial charge in [-0.25, -0.2) is 0 Å². The Morgan fingerprint density at radius 2 is 2.25 bits per heavy atom. The third-order valence-electron chi connectivity index (χ3n) is 1.65. The fourth-order valence-electron chi connectivity index (χ4n) is 1.01. The van der Waals surface area contributed by atoms with Gasteiger partial charge in [-0.1, -0.05) is 0 Å².